The molecule has 1 aromatic carbocycles. The van der Waals surface area contributed by atoms with Gasteiger partial charge in [0.25, 0.3) is 5.91 Å². The molecule has 0 spiro atoms. The number of pyridine rings is 1. The van der Waals surface area contributed by atoms with Crippen LogP contribution in [0.5, 0.6) is 0 Å². The van der Waals surface area contributed by atoms with Crippen LogP contribution in [0.4, 0.5) is 0 Å². The molecule has 0 saturated carbocycles. The number of carbonyl (C=O) groups is 1. The fourth-order valence-electron chi connectivity index (χ4n) is 4.00. The smallest absolute Gasteiger partial charge is 0.252 e. The Bertz CT molecular complexity index is 1100. The number of tetrazole rings is 1. The molecule has 5 rings (SSSR count). The number of likely N-dealkylation sites (tertiary alicyclic amines) is 1. The number of hydrogen-bond acceptors (Lipinski definition) is 6. The largest absolute Gasteiger partial charge is 0.340 e. The van der Waals surface area contributed by atoms with Gasteiger partial charge in [0.05, 0.1) is 0 Å². The van der Waals surface area contributed by atoms with E-state index in [9.17, 15) is 4.79 Å². The molecule has 1 fully saturated rings. The Morgan fingerprint density at radius 2 is 1.79 bits per heavy atom. The normalized spacial score (nSPS) is 16.2. The highest BCUT2D eigenvalue weighted by Crippen LogP contribution is 2.29. The SMILES string of the molecule is O=C([C@H](c1ccccc1)n1cnnn1)N1CCC(c2nnc3ccccn23)CC1. The summed E-state index contributed by atoms with van der Waals surface area (Å²) in [6.45, 7) is 1.33. The van der Waals surface area contributed by atoms with Gasteiger partial charge in [0.2, 0.25) is 0 Å². The molecule has 0 unspecified atom stereocenters. The minimum Gasteiger partial charge on any atom is -0.340 e. The van der Waals surface area contributed by atoms with Crippen LogP contribution in [0.15, 0.2) is 61.1 Å². The first-order valence-electron chi connectivity index (χ1n) is 9.67. The fraction of sp³-hybridized carbons (Fsp3) is 0.300. The predicted octanol–water partition coefficient (Wildman–Crippen LogP) is 1.71. The van der Waals surface area contributed by atoms with Crippen LogP contribution in [0.1, 0.15) is 36.2 Å². The lowest BCUT2D eigenvalue weighted by molar-refractivity contribution is -0.135. The van der Waals surface area contributed by atoms with Gasteiger partial charge in [0, 0.05) is 25.2 Å². The van der Waals surface area contributed by atoms with Crippen LogP contribution in [-0.4, -0.2) is 58.7 Å². The molecule has 3 aromatic heterocycles. The molecule has 1 aliphatic heterocycles. The van der Waals surface area contributed by atoms with Crippen molar-refractivity contribution in [3.8, 4) is 0 Å². The van der Waals surface area contributed by atoms with Crippen LogP contribution < -0.4 is 0 Å². The molecule has 4 aromatic rings. The summed E-state index contributed by atoms with van der Waals surface area (Å²) in [5, 5.41) is 20.1. The first-order chi connectivity index (χ1) is 14.3. The van der Waals surface area contributed by atoms with Crippen molar-refractivity contribution in [1.82, 2.24) is 39.7 Å². The molecule has 0 aliphatic carbocycles. The summed E-state index contributed by atoms with van der Waals surface area (Å²) < 4.78 is 3.56. The maximum Gasteiger partial charge on any atom is 0.252 e. The zero-order valence-electron chi connectivity index (χ0n) is 15.7. The fourth-order valence-corrected chi connectivity index (χ4v) is 4.00. The van der Waals surface area contributed by atoms with E-state index in [1.54, 1.807) is 0 Å². The Kier molecular flexibility index (Phi) is 4.47. The van der Waals surface area contributed by atoms with E-state index in [4.69, 9.17) is 0 Å². The topological polar surface area (TPSA) is 94.1 Å². The lowest BCUT2D eigenvalue weighted by Gasteiger charge is -2.33. The quantitative estimate of drug-likeness (QED) is 0.528. The van der Waals surface area contributed by atoms with Gasteiger partial charge < -0.3 is 4.90 Å². The lowest BCUT2D eigenvalue weighted by Crippen LogP contribution is -2.42. The second-order valence-corrected chi connectivity index (χ2v) is 7.19. The maximum absolute atomic E-state index is 13.4. The van der Waals surface area contributed by atoms with Crippen LogP contribution in [0, 0.1) is 0 Å². The van der Waals surface area contributed by atoms with Crippen LogP contribution >= 0.6 is 0 Å². The number of hydrogen-bond donors (Lipinski definition) is 0. The van der Waals surface area contributed by atoms with Crippen molar-refractivity contribution >= 4 is 11.6 Å². The highest BCUT2D eigenvalue weighted by Gasteiger charge is 2.32. The van der Waals surface area contributed by atoms with E-state index >= 15 is 0 Å². The van der Waals surface area contributed by atoms with Gasteiger partial charge in [-0.05, 0) is 41.0 Å². The highest BCUT2D eigenvalue weighted by molar-refractivity contribution is 5.83. The molecule has 9 nitrogen and oxygen atoms in total. The van der Waals surface area contributed by atoms with E-state index in [0.29, 0.717) is 13.1 Å². The van der Waals surface area contributed by atoms with Gasteiger partial charge in [0.1, 0.15) is 12.2 Å². The molecule has 1 aliphatic rings. The molecular weight excluding hydrogens is 368 g/mol. The molecule has 1 atom stereocenters. The number of carbonyl (C=O) groups excluding carboxylic acids is 1. The molecule has 9 heteroatoms. The molecule has 1 saturated heterocycles. The van der Waals surface area contributed by atoms with Crippen molar-refractivity contribution in [2.24, 2.45) is 0 Å². The number of piperidine rings is 1. The molecule has 146 valence electrons. The lowest BCUT2D eigenvalue weighted by atomic mass is 9.95. The first kappa shape index (κ1) is 17.5. The minimum absolute atomic E-state index is 0.00746. The number of fused-ring (bicyclic) bond motifs is 1. The summed E-state index contributed by atoms with van der Waals surface area (Å²) >= 11 is 0. The van der Waals surface area contributed by atoms with Gasteiger partial charge >= 0.3 is 0 Å². The van der Waals surface area contributed by atoms with Gasteiger partial charge in [-0.1, -0.05) is 36.4 Å². The molecule has 0 radical (unpaired) electrons. The van der Waals surface area contributed by atoms with E-state index in [1.807, 2.05) is 64.0 Å². The third kappa shape index (κ3) is 3.24. The Morgan fingerprint density at radius 3 is 2.55 bits per heavy atom. The van der Waals surface area contributed by atoms with E-state index < -0.39 is 6.04 Å². The minimum atomic E-state index is -0.559. The predicted molar refractivity (Wildman–Crippen MR) is 104 cm³/mol. The van der Waals surface area contributed by atoms with Crippen LogP contribution in [0.25, 0.3) is 5.65 Å². The first-order valence-corrected chi connectivity index (χ1v) is 9.67. The number of amides is 1. The van der Waals surface area contributed by atoms with E-state index in [2.05, 4.69) is 25.7 Å². The monoisotopic (exact) mass is 388 g/mol. The van der Waals surface area contributed by atoms with Gasteiger partial charge in [-0.3, -0.25) is 9.20 Å². The molecule has 0 N–H and O–H groups in total. The summed E-state index contributed by atoms with van der Waals surface area (Å²) in [5.74, 6) is 1.25. The van der Waals surface area contributed by atoms with E-state index in [0.717, 1.165) is 29.9 Å². The van der Waals surface area contributed by atoms with Crippen molar-refractivity contribution < 1.29 is 4.79 Å². The van der Waals surface area contributed by atoms with Crippen LogP contribution in [0.3, 0.4) is 0 Å². The Morgan fingerprint density at radius 1 is 1.00 bits per heavy atom. The Hall–Kier alpha value is -3.62. The zero-order chi connectivity index (χ0) is 19.6. The van der Waals surface area contributed by atoms with Crippen molar-refractivity contribution in [1.29, 1.82) is 0 Å². The molecule has 4 heterocycles. The maximum atomic E-state index is 13.4. The average Bonchev–Trinajstić information content (AvgIpc) is 3.45. The molecule has 0 bridgehead atoms. The van der Waals surface area contributed by atoms with E-state index in [-0.39, 0.29) is 11.8 Å². The van der Waals surface area contributed by atoms with E-state index in [1.165, 1.54) is 11.0 Å². The van der Waals surface area contributed by atoms with Crippen LogP contribution in [0.2, 0.25) is 0 Å². The summed E-state index contributed by atoms with van der Waals surface area (Å²) in [5.41, 5.74) is 1.72. The zero-order valence-corrected chi connectivity index (χ0v) is 15.7. The second kappa shape index (κ2) is 7.42. The number of aromatic nitrogens is 7. The van der Waals surface area contributed by atoms with Crippen molar-refractivity contribution in [3.05, 3.63) is 72.4 Å². The number of benzene rings is 1. The van der Waals surface area contributed by atoms with Crippen molar-refractivity contribution in [3.63, 3.8) is 0 Å². The van der Waals surface area contributed by atoms with Gasteiger partial charge in [-0.15, -0.1) is 15.3 Å². The summed E-state index contributed by atoms with van der Waals surface area (Å²) in [6.07, 6.45) is 5.17. The number of rotatable bonds is 4. The standard InChI is InChI=1S/C20H20N8O/c29-20(18(28-14-21-24-25-28)15-6-2-1-3-7-15)26-12-9-16(10-13-26)19-23-22-17-8-4-5-11-27(17)19/h1-8,11,14,16,18H,9-10,12-13H2/t18-/m0/s1. The molecule has 1 amide bonds. The highest BCUT2D eigenvalue weighted by atomic mass is 16.2. The summed E-state index contributed by atoms with van der Waals surface area (Å²) in [7, 11) is 0. The Labute approximate surface area is 167 Å². The van der Waals surface area contributed by atoms with Gasteiger partial charge in [-0.2, -0.15) is 0 Å². The molecular formula is C20H20N8O. The van der Waals surface area contributed by atoms with Gasteiger partial charge in [0.15, 0.2) is 11.7 Å². The Balaban J connectivity index is 1.35. The average molecular weight is 388 g/mol. The van der Waals surface area contributed by atoms with Crippen molar-refractivity contribution in [2.75, 3.05) is 13.1 Å². The summed E-state index contributed by atoms with van der Waals surface area (Å²) in [4.78, 5) is 15.3. The molecule has 29 heavy (non-hydrogen) atoms. The van der Waals surface area contributed by atoms with Crippen LogP contribution in [-0.2, 0) is 4.79 Å². The van der Waals surface area contributed by atoms with Crippen molar-refractivity contribution in [2.45, 2.75) is 24.8 Å². The third-order valence-electron chi connectivity index (χ3n) is 5.49. The number of nitrogens with zero attached hydrogens (tertiary/aromatic N) is 8. The summed E-state index contributed by atoms with van der Waals surface area (Å²) in [6, 6.07) is 15.0. The third-order valence-corrected chi connectivity index (χ3v) is 5.49. The van der Waals surface area contributed by atoms with Gasteiger partial charge in [-0.25, -0.2) is 4.68 Å². The second-order valence-electron chi connectivity index (χ2n) is 7.19.